The second kappa shape index (κ2) is 5.04. The van der Waals surface area contributed by atoms with Gasteiger partial charge in [0.25, 0.3) is 0 Å². The molecule has 3 N–H and O–H groups in total. The van der Waals surface area contributed by atoms with Gasteiger partial charge >= 0.3 is 0 Å². The Hall–Kier alpha value is -1.45. The lowest BCUT2D eigenvalue weighted by Gasteiger charge is -2.29. The fourth-order valence-electron chi connectivity index (χ4n) is 2.31. The van der Waals surface area contributed by atoms with E-state index in [9.17, 15) is 5.11 Å². The van der Waals surface area contributed by atoms with Crippen molar-refractivity contribution in [1.82, 2.24) is 4.98 Å². The van der Waals surface area contributed by atoms with E-state index in [0.717, 1.165) is 16.6 Å². The minimum Gasteiger partial charge on any atom is -0.396 e. The largest absolute Gasteiger partial charge is 0.396 e. The number of pyridine rings is 1. The van der Waals surface area contributed by atoms with Gasteiger partial charge < -0.3 is 10.8 Å². The van der Waals surface area contributed by atoms with Crippen molar-refractivity contribution < 1.29 is 5.11 Å². The van der Waals surface area contributed by atoms with Crippen molar-refractivity contribution in [2.75, 3.05) is 6.61 Å². The highest BCUT2D eigenvalue weighted by atomic mass is 16.3. The first-order valence-electron chi connectivity index (χ1n) is 6.28. The van der Waals surface area contributed by atoms with Crippen LogP contribution in [-0.4, -0.2) is 22.2 Å². The van der Waals surface area contributed by atoms with Crippen molar-refractivity contribution in [3.8, 4) is 0 Å². The van der Waals surface area contributed by atoms with Crippen molar-refractivity contribution in [3.05, 3.63) is 42.1 Å². The summed E-state index contributed by atoms with van der Waals surface area (Å²) in [6.45, 7) is 4.08. The van der Waals surface area contributed by atoms with Crippen LogP contribution in [0.1, 0.15) is 31.9 Å². The first-order chi connectivity index (χ1) is 8.52. The van der Waals surface area contributed by atoms with Crippen LogP contribution in [0.2, 0.25) is 0 Å². The predicted octanol–water partition coefficient (Wildman–Crippen LogP) is 2.44. The molecule has 0 spiro atoms. The fraction of sp³-hybridized carbons (Fsp3) is 0.400. The number of rotatable bonds is 4. The van der Waals surface area contributed by atoms with Gasteiger partial charge in [0.05, 0.1) is 5.52 Å². The molecule has 2 rings (SSSR count). The Morgan fingerprint density at radius 3 is 2.61 bits per heavy atom. The van der Waals surface area contributed by atoms with Crippen molar-refractivity contribution >= 4 is 10.9 Å². The molecule has 3 heteroatoms. The van der Waals surface area contributed by atoms with E-state index >= 15 is 0 Å². The van der Waals surface area contributed by atoms with Gasteiger partial charge in [-0.05, 0) is 32.4 Å². The molecule has 0 saturated carbocycles. The first kappa shape index (κ1) is 13.0. The Morgan fingerprint density at radius 2 is 1.94 bits per heavy atom. The molecular formula is C15H20N2O. The number of nitrogens with zero attached hydrogens (tertiary/aromatic N) is 1. The molecule has 1 aromatic heterocycles. The van der Waals surface area contributed by atoms with Crippen molar-refractivity contribution in [3.63, 3.8) is 0 Å². The Balaban J connectivity index is 2.44. The second-order valence-corrected chi connectivity index (χ2v) is 5.32. The quantitative estimate of drug-likeness (QED) is 0.868. The van der Waals surface area contributed by atoms with Gasteiger partial charge in [-0.25, -0.2) is 0 Å². The zero-order valence-corrected chi connectivity index (χ0v) is 10.9. The second-order valence-electron chi connectivity index (χ2n) is 5.32. The van der Waals surface area contributed by atoms with E-state index < -0.39 is 5.54 Å². The van der Waals surface area contributed by atoms with Crippen LogP contribution in [0.25, 0.3) is 10.9 Å². The van der Waals surface area contributed by atoms with Gasteiger partial charge in [-0.1, -0.05) is 24.3 Å². The Labute approximate surface area is 108 Å². The average Bonchev–Trinajstić information content (AvgIpc) is 2.34. The van der Waals surface area contributed by atoms with E-state index in [-0.39, 0.29) is 12.5 Å². The molecule has 96 valence electrons. The lowest BCUT2D eigenvalue weighted by atomic mass is 9.83. The summed E-state index contributed by atoms with van der Waals surface area (Å²) >= 11 is 0. The lowest BCUT2D eigenvalue weighted by Crippen LogP contribution is -2.40. The third-order valence-electron chi connectivity index (χ3n) is 3.29. The fourth-order valence-corrected chi connectivity index (χ4v) is 2.31. The minimum atomic E-state index is -0.391. The number of aromatic nitrogens is 1. The van der Waals surface area contributed by atoms with E-state index in [4.69, 9.17) is 5.73 Å². The summed E-state index contributed by atoms with van der Waals surface area (Å²) in [6.07, 6.45) is 0.634. The molecule has 0 aliphatic carbocycles. The van der Waals surface area contributed by atoms with Gasteiger partial charge in [0.1, 0.15) is 0 Å². The molecule has 1 unspecified atom stereocenters. The lowest BCUT2D eigenvalue weighted by molar-refractivity contribution is 0.248. The number of aliphatic hydroxyl groups is 1. The van der Waals surface area contributed by atoms with Crippen LogP contribution in [0, 0.1) is 0 Å². The van der Waals surface area contributed by atoms with E-state index in [1.807, 2.05) is 44.2 Å². The molecule has 0 saturated heterocycles. The van der Waals surface area contributed by atoms with Crippen molar-refractivity contribution in [1.29, 1.82) is 0 Å². The number of hydrogen-bond acceptors (Lipinski definition) is 3. The van der Waals surface area contributed by atoms with Crippen molar-refractivity contribution in [2.45, 2.75) is 31.7 Å². The van der Waals surface area contributed by atoms with Crippen LogP contribution in [0.3, 0.4) is 0 Å². The van der Waals surface area contributed by atoms with Crippen LogP contribution < -0.4 is 5.73 Å². The van der Waals surface area contributed by atoms with E-state index in [2.05, 4.69) is 11.1 Å². The van der Waals surface area contributed by atoms with E-state index in [0.29, 0.717) is 6.42 Å². The summed E-state index contributed by atoms with van der Waals surface area (Å²) in [7, 11) is 0. The maximum absolute atomic E-state index is 9.19. The van der Waals surface area contributed by atoms with Crippen LogP contribution in [0.5, 0.6) is 0 Å². The summed E-state index contributed by atoms with van der Waals surface area (Å²) in [4.78, 5) is 4.67. The average molecular weight is 244 g/mol. The summed E-state index contributed by atoms with van der Waals surface area (Å²) in [5.41, 5.74) is 7.73. The number of nitrogens with two attached hydrogens (primary N) is 1. The van der Waals surface area contributed by atoms with Gasteiger partial charge in [-0.15, -0.1) is 0 Å². The van der Waals surface area contributed by atoms with E-state index in [1.165, 1.54) is 0 Å². The molecular weight excluding hydrogens is 224 g/mol. The number of benzene rings is 1. The highest BCUT2D eigenvalue weighted by Gasteiger charge is 2.27. The summed E-state index contributed by atoms with van der Waals surface area (Å²) in [5, 5.41) is 10.3. The zero-order chi connectivity index (χ0) is 13.2. The summed E-state index contributed by atoms with van der Waals surface area (Å²) in [6, 6.07) is 12.1. The predicted molar refractivity (Wildman–Crippen MR) is 74.5 cm³/mol. The van der Waals surface area contributed by atoms with Crippen LogP contribution in [-0.2, 0) is 0 Å². The molecule has 3 nitrogen and oxygen atoms in total. The Kier molecular flexibility index (Phi) is 3.64. The number of para-hydroxylation sites is 1. The third-order valence-corrected chi connectivity index (χ3v) is 3.29. The van der Waals surface area contributed by atoms with Gasteiger partial charge in [0, 0.05) is 29.1 Å². The summed E-state index contributed by atoms with van der Waals surface area (Å²) < 4.78 is 0. The molecule has 1 aromatic carbocycles. The van der Waals surface area contributed by atoms with Gasteiger partial charge in [-0.3, -0.25) is 4.98 Å². The van der Waals surface area contributed by atoms with Gasteiger partial charge in [0.15, 0.2) is 0 Å². The molecule has 2 aromatic rings. The number of aliphatic hydroxyl groups excluding tert-OH is 1. The molecule has 0 aliphatic rings. The molecule has 18 heavy (non-hydrogen) atoms. The molecule has 0 bridgehead atoms. The van der Waals surface area contributed by atoms with Crippen LogP contribution in [0.15, 0.2) is 36.4 Å². The molecule has 0 amide bonds. The number of hydrogen-bond donors (Lipinski definition) is 2. The Bertz CT molecular complexity index is 531. The SMILES string of the molecule is CC(C)(N)C(CCO)c1ccc2ccccc2n1. The third kappa shape index (κ3) is 2.68. The molecule has 0 radical (unpaired) electrons. The molecule has 1 atom stereocenters. The molecule has 0 aliphatic heterocycles. The van der Waals surface area contributed by atoms with Gasteiger partial charge in [0.2, 0.25) is 0 Å². The maximum Gasteiger partial charge on any atom is 0.0705 e. The molecule has 1 heterocycles. The highest BCUT2D eigenvalue weighted by molar-refractivity contribution is 5.78. The Morgan fingerprint density at radius 1 is 1.22 bits per heavy atom. The van der Waals surface area contributed by atoms with E-state index in [1.54, 1.807) is 0 Å². The maximum atomic E-state index is 9.19. The van der Waals surface area contributed by atoms with Gasteiger partial charge in [-0.2, -0.15) is 0 Å². The highest BCUT2D eigenvalue weighted by Crippen LogP contribution is 2.29. The topological polar surface area (TPSA) is 59.1 Å². The monoisotopic (exact) mass is 244 g/mol. The van der Waals surface area contributed by atoms with Crippen molar-refractivity contribution in [2.24, 2.45) is 5.73 Å². The standard InChI is InChI=1S/C15H20N2O/c1-15(2,16)12(9-10-18)14-8-7-11-5-3-4-6-13(11)17-14/h3-8,12,18H,9-10,16H2,1-2H3. The minimum absolute atomic E-state index is 0.0621. The zero-order valence-electron chi connectivity index (χ0n) is 10.9. The number of fused-ring (bicyclic) bond motifs is 1. The normalized spacial score (nSPS) is 13.8. The summed E-state index contributed by atoms with van der Waals surface area (Å²) in [5.74, 6) is 0.0621. The van der Waals surface area contributed by atoms with Crippen LogP contribution >= 0.6 is 0 Å². The van der Waals surface area contributed by atoms with Crippen LogP contribution in [0.4, 0.5) is 0 Å². The molecule has 0 fully saturated rings. The first-order valence-corrected chi connectivity index (χ1v) is 6.28. The smallest absolute Gasteiger partial charge is 0.0705 e.